The molecule has 5 rings (SSSR count). The Morgan fingerprint density at radius 3 is 1.44 bits per heavy atom. The van der Waals surface area contributed by atoms with Crippen molar-refractivity contribution in [1.82, 2.24) is 29.5 Å². The van der Waals surface area contributed by atoms with Gasteiger partial charge >= 0.3 is 20.4 Å². The number of pyridine rings is 2. The van der Waals surface area contributed by atoms with Crippen LogP contribution in [0.15, 0.2) is 36.4 Å². The van der Waals surface area contributed by atoms with Gasteiger partial charge in [0.25, 0.3) is 0 Å². The molecule has 1 aliphatic rings. The van der Waals surface area contributed by atoms with Crippen LogP contribution in [0.4, 0.5) is 0 Å². The fraction of sp³-hybridized carbons (Fsp3) is 0.448. The van der Waals surface area contributed by atoms with Gasteiger partial charge in [-0.1, -0.05) is 78.2 Å². The Kier molecular flexibility index (Phi) is 6.64. The zero-order valence-corrected chi connectivity index (χ0v) is 23.9. The molecule has 0 N–H and O–H groups in total. The van der Waals surface area contributed by atoms with Crippen molar-refractivity contribution in [2.45, 2.75) is 84.5 Å². The number of hydrogen-bond acceptors (Lipinski definition) is 4. The molecule has 0 fully saturated rings. The fourth-order valence-corrected chi connectivity index (χ4v) is 4.66. The number of hydrogen-bond donors (Lipinski definition) is 0. The van der Waals surface area contributed by atoms with Crippen LogP contribution in [0.5, 0.6) is 0 Å². The van der Waals surface area contributed by atoms with Gasteiger partial charge in [0, 0.05) is 16.8 Å². The maximum atomic E-state index is 5.02. The van der Waals surface area contributed by atoms with Crippen LogP contribution in [-0.4, -0.2) is 29.5 Å². The number of aryl methyl sites for hydroxylation is 2. The zero-order chi connectivity index (χ0) is 25.2. The molecule has 0 saturated heterocycles. The van der Waals surface area contributed by atoms with Crippen LogP contribution in [0, 0.1) is 12.4 Å². The molecule has 0 atom stereocenters. The van der Waals surface area contributed by atoms with Crippen LogP contribution in [0.3, 0.4) is 0 Å². The van der Waals surface area contributed by atoms with E-state index in [-0.39, 0.29) is 31.3 Å². The summed E-state index contributed by atoms with van der Waals surface area (Å²) >= 11 is 0. The van der Waals surface area contributed by atoms with Crippen molar-refractivity contribution in [3.63, 3.8) is 0 Å². The monoisotopic (exact) mass is 572 g/mol. The molecule has 190 valence electrons. The van der Waals surface area contributed by atoms with Crippen LogP contribution < -0.4 is 0 Å². The Bertz CT molecular complexity index is 1290. The van der Waals surface area contributed by atoms with Crippen LogP contribution in [0.1, 0.15) is 89.3 Å². The summed E-state index contributed by atoms with van der Waals surface area (Å²) in [5.41, 5.74) is 5.54. The molecule has 36 heavy (non-hydrogen) atoms. The van der Waals surface area contributed by atoms with E-state index >= 15 is 0 Å². The van der Waals surface area contributed by atoms with Crippen molar-refractivity contribution in [3.8, 4) is 11.6 Å². The van der Waals surface area contributed by atoms with Gasteiger partial charge in [0.1, 0.15) is 0 Å². The molecule has 5 heterocycles. The topological polar surface area (TPSA) is 61.4 Å². The first kappa shape index (κ1) is 26.4. The van der Waals surface area contributed by atoms with Crippen molar-refractivity contribution in [1.29, 1.82) is 0 Å². The summed E-state index contributed by atoms with van der Waals surface area (Å²) in [5, 5.41) is 9.96. The van der Waals surface area contributed by atoms with Gasteiger partial charge in [0.15, 0.2) is 0 Å². The van der Waals surface area contributed by atoms with Crippen LogP contribution in [0.2, 0.25) is 0 Å². The molecule has 4 aromatic rings. The molecule has 0 radical (unpaired) electrons. The number of rotatable bonds is 0. The van der Waals surface area contributed by atoms with Gasteiger partial charge < -0.3 is 9.36 Å². The molecule has 1 aliphatic heterocycles. The quantitative estimate of drug-likeness (QED) is 0.207. The summed E-state index contributed by atoms with van der Waals surface area (Å²) in [4.78, 5) is 10.0. The summed E-state index contributed by atoms with van der Waals surface area (Å²) in [6, 6.07) is 12.2. The van der Waals surface area contributed by atoms with E-state index in [1.54, 1.807) is 0 Å². The van der Waals surface area contributed by atoms with E-state index in [2.05, 4.69) is 79.9 Å². The number of aromatic nitrogens is 6. The molecule has 0 aromatic carbocycles. The average Bonchev–Trinajstić information content (AvgIpc) is 3.42. The third-order valence-electron chi connectivity index (χ3n) is 6.68. The second-order valence-corrected chi connectivity index (χ2v) is 12.1. The van der Waals surface area contributed by atoms with E-state index in [4.69, 9.17) is 20.2 Å². The molecule has 0 saturated carbocycles. The van der Waals surface area contributed by atoms with Gasteiger partial charge in [-0.15, -0.1) is 11.1 Å². The van der Waals surface area contributed by atoms with Crippen LogP contribution in [0.25, 0.3) is 11.6 Å². The second-order valence-electron chi connectivity index (χ2n) is 12.1. The van der Waals surface area contributed by atoms with Crippen molar-refractivity contribution in [2.75, 3.05) is 0 Å². The Labute approximate surface area is 228 Å². The summed E-state index contributed by atoms with van der Waals surface area (Å²) in [6.45, 7) is 17.5. The number of fused-ring (bicyclic) bond motifs is 10. The maximum absolute atomic E-state index is 5.02. The second kappa shape index (κ2) is 9.04. The first-order valence-electron chi connectivity index (χ1n) is 12.3. The minimum atomic E-state index is -0.419. The van der Waals surface area contributed by atoms with E-state index < -0.39 is 5.41 Å². The molecule has 0 amide bonds. The molecular formula is C29H34N6Pd. The van der Waals surface area contributed by atoms with E-state index in [0.717, 1.165) is 58.4 Å². The van der Waals surface area contributed by atoms with Gasteiger partial charge in [-0.2, -0.15) is 0 Å². The molecule has 4 aromatic heterocycles. The fourth-order valence-electron chi connectivity index (χ4n) is 4.66. The minimum Gasteiger partial charge on any atom is -0.343 e. The molecule has 0 spiro atoms. The van der Waals surface area contributed by atoms with Crippen LogP contribution >= 0.6 is 0 Å². The van der Waals surface area contributed by atoms with E-state index in [1.807, 2.05) is 33.6 Å². The van der Waals surface area contributed by atoms with Gasteiger partial charge in [-0.25, -0.2) is 0 Å². The number of nitrogens with zero attached hydrogens (tertiary/aromatic N) is 6. The standard InChI is InChI=1S/C29H34N6.Pd/c1-27(2,3)25-19-15-16-20-18-35(33-26(20)28(4,5)6)24-14-10-12-22(31-24)29(7,8)21-11-9-13-23(30-21)34(17-19)32-25;/h9-14H,15-16H2,1-8H3;/q-2;+2. The first-order chi connectivity index (χ1) is 16.3. The predicted octanol–water partition coefficient (Wildman–Crippen LogP) is 5.47. The van der Waals surface area contributed by atoms with Crippen molar-refractivity contribution in [2.24, 2.45) is 0 Å². The average molecular weight is 573 g/mol. The predicted molar refractivity (Wildman–Crippen MR) is 137 cm³/mol. The van der Waals surface area contributed by atoms with Gasteiger partial charge in [-0.05, 0) is 61.0 Å². The third kappa shape index (κ3) is 4.72. The summed E-state index contributed by atoms with van der Waals surface area (Å²) in [5.74, 6) is 1.54. The Hall–Kier alpha value is -2.62. The first-order valence-corrected chi connectivity index (χ1v) is 12.3. The normalized spacial score (nSPS) is 15.0. The van der Waals surface area contributed by atoms with E-state index in [1.165, 1.54) is 0 Å². The molecule has 8 bridgehead atoms. The molecule has 0 unspecified atom stereocenters. The summed E-state index contributed by atoms with van der Waals surface area (Å²) in [7, 11) is 0. The molecule has 0 aliphatic carbocycles. The summed E-state index contributed by atoms with van der Waals surface area (Å²) in [6.07, 6.45) is 8.69. The van der Waals surface area contributed by atoms with Crippen LogP contribution in [-0.2, 0) is 49.5 Å². The molecule has 6 nitrogen and oxygen atoms in total. The van der Waals surface area contributed by atoms with Gasteiger partial charge in [0.2, 0.25) is 0 Å². The van der Waals surface area contributed by atoms with E-state index in [0.29, 0.717) is 0 Å². The van der Waals surface area contributed by atoms with Gasteiger partial charge in [0.05, 0.1) is 11.6 Å². The largest absolute Gasteiger partial charge is 2.00 e. The van der Waals surface area contributed by atoms with Crippen molar-refractivity contribution >= 4 is 0 Å². The van der Waals surface area contributed by atoms with Crippen molar-refractivity contribution < 1.29 is 20.4 Å². The van der Waals surface area contributed by atoms with Crippen molar-refractivity contribution in [3.05, 3.63) is 82.7 Å². The Morgan fingerprint density at radius 2 is 1.08 bits per heavy atom. The molecular weight excluding hydrogens is 539 g/mol. The Balaban J connectivity index is 0.00000304. The minimum absolute atomic E-state index is 0. The van der Waals surface area contributed by atoms with E-state index in [9.17, 15) is 0 Å². The Morgan fingerprint density at radius 1 is 0.694 bits per heavy atom. The smallest absolute Gasteiger partial charge is 0.343 e. The van der Waals surface area contributed by atoms with Gasteiger partial charge in [-0.3, -0.25) is 20.2 Å². The SMILES string of the molecule is CC(C)(C)c1nn2[c-]c1CCc1[c-]n(nc1C(C)(C)C)-c1cccc(n1)C(C)(C)c1cccc-2n1.[Pd+2]. The molecule has 7 heteroatoms. The summed E-state index contributed by atoms with van der Waals surface area (Å²) < 4.78 is 3.63. The zero-order valence-electron chi connectivity index (χ0n) is 22.4. The third-order valence-corrected chi connectivity index (χ3v) is 6.68. The maximum Gasteiger partial charge on any atom is 2.00 e.